The molecule has 14 aromatic rings. The number of allylic oxidation sites excluding steroid dienone is 2. The summed E-state index contributed by atoms with van der Waals surface area (Å²) in [6.07, 6.45) is 50.3. The molecule has 0 N–H and O–H groups in total. The molecule has 0 saturated carbocycles. The van der Waals surface area contributed by atoms with Crippen molar-refractivity contribution >= 4 is 107 Å². The monoisotopic (exact) mass is 2470 g/mol. The zero-order valence-corrected chi connectivity index (χ0v) is 105. The maximum absolute atomic E-state index is 11.6. The fourth-order valence-corrected chi connectivity index (χ4v) is 81.1. The molecule has 0 bridgehead atoms. The fourth-order valence-electron chi connectivity index (χ4n) is 18.7. The van der Waals surface area contributed by atoms with Crippen molar-refractivity contribution in [2.45, 2.75) is 290 Å². The standard InChI is InChI=1S/2C23H14N3.C21H14BrN3.C17H14O.12C4H9.C2.4Sn/c2*1-2-17-9-11-18(12-10-17)19-15-22(20-7-3-5-13-24-20)26-23(16-19)21-8-4-6-14-25-21;22-17-9-7-15(8-10-17)16-13-20(18-5-1-3-11-23-18)25-21(14-16)19-6-2-4-12-24-19;18-17(13-11-15-7-3-1-4-8-15)14-12-16-9-5-2-6-10-16;12*1-3-4-2;1-2;;;;/h2*3-16H;1-14H;1-14H;12*1,3-4H2,2H3;;;;;/b;;;13-11+,14-12+;;;;;;;;;;;;;;;;;. The summed E-state index contributed by atoms with van der Waals surface area (Å²) in [6.45, 7) is 28.2. The predicted molar refractivity (Wildman–Crippen MR) is 653 cm³/mol. The molecule has 0 amide bonds. The number of nitrogens with zero attached hydrogens (tertiary/aromatic N) is 9. The number of pyridine rings is 9. The van der Waals surface area contributed by atoms with Crippen molar-refractivity contribution in [2.24, 2.45) is 0 Å². The van der Waals surface area contributed by atoms with Crippen molar-refractivity contribution in [1.82, 2.24) is 44.9 Å². The van der Waals surface area contributed by atoms with E-state index in [0.717, 1.165) is 128 Å². The van der Waals surface area contributed by atoms with E-state index >= 15 is 0 Å². The van der Waals surface area contributed by atoms with E-state index in [9.17, 15) is 4.79 Å². The van der Waals surface area contributed by atoms with Crippen LogP contribution in [0.3, 0.4) is 0 Å². The summed E-state index contributed by atoms with van der Waals surface area (Å²) in [5.41, 5.74) is 21.2. The molecule has 0 radical (unpaired) electrons. The van der Waals surface area contributed by atoms with Crippen LogP contribution in [0.15, 0.2) is 333 Å². The summed E-state index contributed by atoms with van der Waals surface area (Å²) < 4.78 is 35.7. The topological polar surface area (TPSA) is 133 Å². The second-order valence-corrected chi connectivity index (χ2v) is 90.0. The van der Waals surface area contributed by atoms with Gasteiger partial charge in [-0.05, 0) is 107 Å². The van der Waals surface area contributed by atoms with Crippen LogP contribution in [0.4, 0.5) is 0 Å². The molecule has 0 spiro atoms. The Bertz CT molecular complexity index is 5850. The molecule has 5 aromatic carbocycles. The van der Waals surface area contributed by atoms with Gasteiger partial charge in [0.25, 0.3) is 0 Å². The molecule has 0 aliphatic rings. The fraction of sp³-hybridized carbons (Fsp3) is 0.358. The summed E-state index contributed by atoms with van der Waals surface area (Å²) in [5, 5.41) is 0. The van der Waals surface area contributed by atoms with Crippen LogP contribution in [-0.4, -0.2) is 124 Å². The summed E-state index contributed by atoms with van der Waals surface area (Å²) in [7, 11) is 0. The van der Waals surface area contributed by atoms with Crippen molar-refractivity contribution < 1.29 is 4.79 Å². The summed E-state index contributed by atoms with van der Waals surface area (Å²) >= 11 is -6.04. The average molecular weight is 2470 g/mol. The zero-order valence-electron chi connectivity index (χ0n) is 91.6. The number of benzene rings is 5. The van der Waals surface area contributed by atoms with Crippen LogP contribution in [0, 0.1) is 27.6 Å². The Hall–Kier alpha value is -10.0. The SMILES string of the molecule is Brc1ccc(-c2cc(-c3ccccn3)nc(-c3ccccn3)c2)cc1.CCC[CH2][Sn]([C]#Cc1ccc(-c2cc(-c3ccccn3)nc(-c3ccccn3)c2)cc1)([CH2]CCC)[CH2]CCC.CCC[CH2][Sn]([C]#Cc1ccc(-c2cc(-c3ccccn3)nc(-c3ccccn3)c2)cc1)([CH2]CCC)[CH2]CCC.CCC[CH2][Sn]([C]#[C][Sn]([CH2]CCC)([CH2]CCC)[CH2]CCC)([CH2]CCC)[CH2]CCC.O=C(/C=C/c1ccccc1)/C=C/c1ccccc1. The van der Waals surface area contributed by atoms with Gasteiger partial charge in [0.2, 0.25) is 0 Å². The molecule has 9 aromatic heterocycles. The van der Waals surface area contributed by atoms with Crippen LogP contribution in [0.25, 0.3) is 114 Å². The Morgan fingerprint density at radius 2 is 0.423 bits per heavy atom. The minimum Gasteiger partial charge on any atom is -0.290 e. The molecule has 0 atom stereocenters. The number of halogens is 1. The molecular formula is C134H164BrN9OSn4. The molecule has 9 heterocycles. The van der Waals surface area contributed by atoms with Crippen LogP contribution in [-0.2, 0) is 4.79 Å². The molecule has 15 heteroatoms. The molecule has 0 aliphatic carbocycles. The molecule has 774 valence electrons. The average Bonchev–Trinajstić information content (AvgIpc) is 0.800. The van der Waals surface area contributed by atoms with Crippen molar-refractivity contribution in [3.8, 4) is 129 Å². The third-order valence-electron chi connectivity index (χ3n) is 27.8. The zero-order chi connectivity index (χ0) is 106. The van der Waals surface area contributed by atoms with Gasteiger partial charge in [0.05, 0.1) is 22.8 Å². The molecule has 14 rings (SSSR count). The smallest absolute Gasteiger partial charge is 0.178 e. The van der Waals surface area contributed by atoms with E-state index in [2.05, 4.69) is 254 Å². The molecule has 149 heavy (non-hydrogen) atoms. The third-order valence-corrected chi connectivity index (χ3v) is 82.7. The first-order valence-electron chi connectivity index (χ1n) is 56.2. The number of aromatic nitrogens is 9. The van der Waals surface area contributed by atoms with E-state index in [1.165, 1.54) is 181 Å². The Morgan fingerprint density at radius 3 is 0.617 bits per heavy atom. The van der Waals surface area contributed by atoms with Gasteiger partial charge in [0, 0.05) is 16.9 Å². The van der Waals surface area contributed by atoms with Crippen LogP contribution < -0.4 is 0 Å². The Morgan fingerprint density at radius 1 is 0.228 bits per heavy atom. The van der Waals surface area contributed by atoms with Crippen molar-refractivity contribution in [2.75, 3.05) is 0 Å². The second-order valence-electron chi connectivity index (χ2n) is 39.8. The van der Waals surface area contributed by atoms with Gasteiger partial charge < -0.3 is 0 Å². The number of unbranched alkanes of at least 4 members (excludes halogenated alkanes) is 12. The van der Waals surface area contributed by atoms with Gasteiger partial charge in [-0.15, -0.1) is 0 Å². The molecule has 0 fully saturated rings. The largest absolute Gasteiger partial charge is 0.290 e. The van der Waals surface area contributed by atoms with Crippen molar-refractivity contribution in [3.05, 3.63) is 355 Å². The van der Waals surface area contributed by atoms with E-state index < -0.39 is 73.5 Å². The van der Waals surface area contributed by atoms with Gasteiger partial charge in [-0.1, -0.05) is 113 Å². The van der Waals surface area contributed by atoms with Crippen molar-refractivity contribution in [3.63, 3.8) is 0 Å². The van der Waals surface area contributed by atoms with E-state index in [-0.39, 0.29) is 5.78 Å². The third kappa shape index (κ3) is 42.5. The van der Waals surface area contributed by atoms with Gasteiger partial charge >= 0.3 is 646 Å². The van der Waals surface area contributed by atoms with Gasteiger partial charge in [-0.3, -0.25) is 14.8 Å². The molecule has 0 aliphatic heterocycles. The summed E-state index contributed by atoms with van der Waals surface area (Å²) in [6, 6.07) is 93.4. The van der Waals surface area contributed by atoms with Crippen molar-refractivity contribution in [1.29, 1.82) is 0 Å². The predicted octanol–water partition coefficient (Wildman–Crippen LogP) is 38.6. The normalized spacial score (nSPS) is 11.2. The quantitative estimate of drug-likeness (QED) is 0.0206. The minimum atomic E-state index is -2.48. The number of ketones is 1. The van der Waals surface area contributed by atoms with Crippen LogP contribution in [0.5, 0.6) is 0 Å². The first-order chi connectivity index (χ1) is 73.0. The van der Waals surface area contributed by atoms with Gasteiger partial charge in [-0.25, -0.2) is 4.98 Å². The molecule has 10 nitrogen and oxygen atoms in total. The number of carbonyl (C=O) groups excluding carboxylic acids is 1. The first-order valence-corrected chi connectivity index (χ1v) is 86.9. The molecular weight excluding hydrogens is 2310 g/mol. The maximum Gasteiger partial charge on any atom is 0.178 e. The van der Waals surface area contributed by atoms with E-state index in [4.69, 9.17) is 15.0 Å². The van der Waals surface area contributed by atoms with E-state index in [1.807, 2.05) is 219 Å². The molecule has 0 unspecified atom stereocenters. The number of hydrogen-bond donors (Lipinski definition) is 0. The van der Waals surface area contributed by atoms with Crippen LogP contribution >= 0.6 is 15.9 Å². The first kappa shape index (κ1) is 121. The Balaban J connectivity index is 0.000000195. The van der Waals surface area contributed by atoms with Crippen LogP contribution in [0.2, 0.25) is 53.2 Å². The maximum atomic E-state index is 11.6. The van der Waals surface area contributed by atoms with Gasteiger partial charge in [0.1, 0.15) is 0 Å². The number of rotatable bonds is 49. The van der Waals surface area contributed by atoms with Crippen LogP contribution in [0.1, 0.15) is 259 Å². The minimum absolute atomic E-state index is 0.0114. The van der Waals surface area contributed by atoms with Gasteiger partial charge in [0.15, 0.2) is 5.78 Å². The molecule has 0 saturated heterocycles. The number of hydrogen-bond acceptors (Lipinski definition) is 10. The summed E-state index contributed by atoms with van der Waals surface area (Å²) in [4.78, 5) is 53.3. The van der Waals surface area contributed by atoms with E-state index in [1.54, 1.807) is 51.2 Å². The number of carbonyl (C=O) groups is 1. The van der Waals surface area contributed by atoms with Gasteiger partial charge in [-0.2, -0.15) is 0 Å². The second kappa shape index (κ2) is 69.5. The Labute approximate surface area is 922 Å². The van der Waals surface area contributed by atoms with E-state index in [0.29, 0.717) is 0 Å². The summed E-state index contributed by atoms with van der Waals surface area (Å²) in [5.74, 6) is 7.34. The Kier molecular flexibility index (Phi) is 56.3.